The molecule has 1 heterocycles. The van der Waals surface area contributed by atoms with Crippen LogP contribution in [0.2, 0.25) is 0 Å². The number of unbranched alkanes of at least 4 members (excludes halogenated alkanes) is 1. The van der Waals surface area contributed by atoms with E-state index in [9.17, 15) is 9.59 Å². The van der Waals surface area contributed by atoms with E-state index in [0.29, 0.717) is 17.0 Å². The Balaban J connectivity index is 2.09. The molecule has 1 saturated carbocycles. The molecule has 2 rings (SSSR count). The molecule has 0 saturated heterocycles. The van der Waals surface area contributed by atoms with E-state index >= 15 is 0 Å². The first-order chi connectivity index (χ1) is 10.5. The van der Waals surface area contributed by atoms with Gasteiger partial charge in [-0.05, 0) is 32.1 Å². The standard InChI is InChI=1S/C17H25NO4/c1-3-4-8-13(12-6-5-7-12)18-17(21)16-11(2)10-22-14(16)9-15(19)20/h10,12-13H,3-9H2,1-2H3,(H,18,21)(H,19,20). The smallest absolute Gasteiger partial charge is 0.311 e. The Bertz CT molecular complexity index is 531. The molecule has 1 fully saturated rings. The van der Waals surface area contributed by atoms with Gasteiger partial charge in [-0.3, -0.25) is 9.59 Å². The maximum absolute atomic E-state index is 12.6. The summed E-state index contributed by atoms with van der Waals surface area (Å²) in [6, 6.07) is 0.188. The third-order valence-electron chi connectivity index (χ3n) is 4.49. The molecule has 1 amide bonds. The minimum absolute atomic E-state index is 0.188. The van der Waals surface area contributed by atoms with E-state index in [4.69, 9.17) is 9.52 Å². The Kier molecular flexibility index (Phi) is 5.63. The number of rotatable bonds is 8. The molecule has 1 aliphatic carbocycles. The fraction of sp³-hybridized carbons (Fsp3) is 0.647. The van der Waals surface area contributed by atoms with Gasteiger partial charge in [-0.15, -0.1) is 0 Å². The summed E-state index contributed by atoms with van der Waals surface area (Å²) in [5, 5.41) is 12.0. The summed E-state index contributed by atoms with van der Waals surface area (Å²) in [5.74, 6) is -0.392. The van der Waals surface area contributed by atoms with Gasteiger partial charge in [0, 0.05) is 11.6 Å². The predicted molar refractivity (Wildman–Crippen MR) is 82.9 cm³/mol. The minimum Gasteiger partial charge on any atom is -0.481 e. The number of carboxylic acids is 1. The Hall–Kier alpha value is -1.78. The lowest BCUT2D eigenvalue weighted by molar-refractivity contribution is -0.136. The Morgan fingerprint density at radius 3 is 2.73 bits per heavy atom. The van der Waals surface area contributed by atoms with Crippen molar-refractivity contribution in [1.82, 2.24) is 5.32 Å². The van der Waals surface area contributed by atoms with Gasteiger partial charge in [-0.25, -0.2) is 0 Å². The molecule has 1 unspecified atom stereocenters. The summed E-state index contributed by atoms with van der Waals surface area (Å²) in [6.45, 7) is 3.92. The molecule has 0 radical (unpaired) electrons. The van der Waals surface area contributed by atoms with E-state index < -0.39 is 5.97 Å². The normalized spacial score (nSPS) is 16.1. The lowest BCUT2D eigenvalue weighted by atomic mass is 9.78. The van der Waals surface area contributed by atoms with Gasteiger partial charge >= 0.3 is 5.97 Å². The molecule has 22 heavy (non-hydrogen) atoms. The molecule has 122 valence electrons. The highest BCUT2D eigenvalue weighted by atomic mass is 16.4. The van der Waals surface area contributed by atoms with Gasteiger partial charge < -0.3 is 14.8 Å². The first-order valence-electron chi connectivity index (χ1n) is 8.12. The number of carbonyl (C=O) groups is 2. The second-order valence-electron chi connectivity index (χ2n) is 6.20. The summed E-state index contributed by atoms with van der Waals surface area (Å²) in [6.07, 6.45) is 7.94. The number of carboxylic acid groups (broad SMARTS) is 1. The Morgan fingerprint density at radius 2 is 2.18 bits per heavy atom. The van der Waals surface area contributed by atoms with Crippen LogP contribution in [-0.2, 0) is 11.2 Å². The largest absolute Gasteiger partial charge is 0.481 e. The summed E-state index contributed by atoms with van der Waals surface area (Å²) < 4.78 is 5.25. The van der Waals surface area contributed by atoms with Gasteiger partial charge in [0.15, 0.2) is 0 Å². The highest BCUT2D eigenvalue weighted by Crippen LogP contribution is 2.32. The van der Waals surface area contributed by atoms with E-state index in [0.717, 1.165) is 19.3 Å². The molecular weight excluding hydrogens is 282 g/mol. The van der Waals surface area contributed by atoms with Crippen LogP contribution in [-0.4, -0.2) is 23.0 Å². The summed E-state index contributed by atoms with van der Waals surface area (Å²) in [4.78, 5) is 23.5. The van der Waals surface area contributed by atoms with Crippen molar-refractivity contribution >= 4 is 11.9 Å². The summed E-state index contributed by atoms with van der Waals surface area (Å²) in [5.41, 5.74) is 1.08. The van der Waals surface area contributed by atoms with Crippen molar-refractivity contribution in [2.45, 2.75) is 64.8 Å². The van der Waals surface area contributed by atoms with Crippen molar-refractivity contribution in [1.29, 1.82) is 0 Å². The van der Waals surface area contributed by atoms with Crippen molar-refractivity contribution in [3.05, 3.63) is 23.2 Å². The third kappa shape index (κ3) is 3.90. The number of amides is 1. The molecule has 0 spiro atoms. The van der Waals surface area contributed by atoms with Gasteiger partial charge in [0.25, 0.3) is 5.91 Å². The molecule has 5 heteroatoms. The molecule has 1 atom stereocenters. The van der Waals surface area contributed by atoms with Crippen LogP contribution in [0.1, 0.15) is 67.1 Å². The first kappa shape index (κ1) is 16.6. The maximum Gasteiger partial charge on any atom is 0.311 e. The lowest BCUT2D eigenvalue weighted by Crippen LogP contribution is -2.43. The van der Waals surface area contributed by atoms with Gasteiger partial charge in [0.2, 0.25) is 0 Å². The number of hydrogen-bond donors (Lipinski definition) is 2. The van der Waals surface area contributed by atoms with Crippen LogP contribution in [0.15, 0.2) is 10.7 Å². The average Bonchev–Trinajstić information content (AvgIpc) is 2.74. The molecule has 1 aromatic heterocycles. The third-order valence-corrected chi connectivity index (χ3v) is 4.49. The highest BCUT2D eigenvalue weighted by Gasteiger charge is 2.30. The van der Waals surface area contributed by atoms with E-state index in [1.807, 2.05) is 0 Å². The second-order valence-corrected chi connectivity index (χ2v) is 6.20. The van der Waals surface area contributed by atoms with Crippen LogP contribution >= 0.6 is 0 Å². The van der Waals surface area contributed by atoms with Crippen LogP contribution < -0.4 is 5.32 Å². The Labute approximate surface area is 131 Å². The van der Waals surface area contributed by atoms with Crippen molar-refractivity contribution < 1.29 is 19.1 Å². The summed E-state index contributed by atoms with van der Waals surface area (Å²) >= 11 is 0. The summed E-state index contributed by atoms with van der Waals surface area (Å²) in [7, 11) is 0. The van der Waals surface area contributed by atoms with Crippen molar-refractivity contribution in [2.75, 3.05) is 0 Å². The van der Waals surface area contributed by atoms with Crippen LogP contribution in [0.5, 0.6) is 0 Å². The molecule has 0 aromatic carbocycles. The fourth-order valence-corrected chi connectivity index (χ4v) is 3.00. The first-order valence-corrected chi connectivity index (χ1v) is 8.12. The molecule has 1 aliphatic rings. The number of carbonyl (C=O) groups excluding carboxylic acids is 1. The van der Waals surface area contributed by atoms with Gasteiger partial charge in [0.1, 0.15) is 12.2 Å². The average molecular weight is 307 g/mol. The van der Waals surface area contributed by atoms with E-state index in [-0.39, 0.29) is 24.1 Å². The minimum atomic E-state index is -0.995. The molecular formula is C17H25NO4. The number of furan rings is 1. The number of nitrogens with one attached hydrogen (secondary N) is 1. The zero-order chi connectivity index (χ0) is 16.1. The zero-order valence-electron chi connectivity index (χ0n) is 13.4. The zero-order valence-corrected chi connectivity index (χ0v) is 13.4. The fourth-order valence-electron chi connectivity index (χ4n) is 3.00. The van der Waals surface area contributed by atoms with E-state index in [1.54, 1.807) is 6.92 Å². The van der Waals surface area contributed by atoms with Crippen molar-refractivity contribution in [3.8, 4) is 0 Å². The number of aryl methyl sites for hydroxylation is 1. The molecule has 0 bridgehead atoms. The molecule has 5 nitrogen and oxygen atoms in total. The van der Waals surface area contributed by atoms with Gasteiger partial charge in [0.05, 0.1) is 11.8 Å². The van der Waals surface area contributed by atoms with E-state index in [1.165, 1.54) is 25.5 Å². The van der Waals surface area contributed by atoms with Crippen LogP contribution in [0.3, 0.4) is 0 Å². The SMILES string of the molecule is CCCCC(NC(=O)c1c(C)coc1CC(=O)O)C1CCC1. The van der Waals surface area contributed by atoms with E-state index in [2.05, 4.69) is 12.2 Å². The molecule has 0 aliphatic heterocycles. The van der Waals surface area contributed by atoms with Crippen LogP contribution in [0.25, 0.3) is 0 Å². The van der Waals surface area contributed by atoms with Gasteiger partial charge in [-0.1, -0.05) is 26.2 Å². The van der Waals surface area contributed by atoms with Crippen molar-refractivity contribution in [2.24, 2.45) is 5.92 Å². The van der Waals surface area contributed by atoms with Crippen molar-refractivity contribution in [3.63, 3.8) is 0 Å². The molecule has 1 aromatic rings. The van der Waals surface area contributed by atoms with Gasteiger partial charge in [-0.2, -0.15) is 0 Å². The number of hydrogen-bond acceptors (Lipinski definition) is 3. The maximum atomic E-state index is 12.6. The number of aliphatic carboxylic acids is 1. The van der Waals surface area contributed by atoms with Crippen LogP contribution in [0.4, 0.5) is 0 Å². The highest BCUT2D eigenvalue weighted by molar-refractivity contribution is 5.97. The molecule has 2 N–H and O–H groups in total. The lowest BCUT2D eigenvalue weighted by Gasteiger charge is -2.34. The quantitative estimate of drug-likeness (QED) is 0.772. The topological polar surface area (TPSA) is 79.5 Å². The predicted octanol–water partition coefficient (Wildman–Crippen LogP) is 3.30. The monoisotopic (exact) mass is 307 g/mol. The Morgan fingerprint density at radius 1 is 1.45 bits per heavy atom. The van der Waals surface area contributed by atoms with Crippen LogP contribution in [0, 0.1) is 12.8 Å². The second kappa shape index (κ2) is 7.47.